The molecule has 2 aliphatic heterocycles. The summed E-state index contributed by atoms with van der Waals surface area (Å²) < 4.78 is 11.4. The number of benzene rings is 1. The van der Waals surface area contributed by atoms with E-state index in [2.05, 4.69) is 9.88 Å². The van der Waals surface area contributed by atoms with Crippen molar-refractivity contribution in [3.8, 4) is 17.0 Å². The van der Waals surface area contributed by atoms with Gasteiger partial charge < -0.3 is 24.5 Å². The molecular formula is C21H20ClN3O4. The Balaban J connectivity index is 1.55. The number of aromatic carboxylic acids is 1. The zero-order valence-corrected chi connectivity index (χ0v) is 16.6. The van der Waals surface area contributed by atoms with Crippen LogP contribution in [0.2, 0.25) is 5.02 Å². The zero-order chi connectivity index (χ0) is 20.1. The molecule has 29 heavy (non-hydrogen) atoms. The number of halogens is 1. The van der Waals surface area contributed by atoms with Crippen LogP contribution in [0.15, 0.2) is 30.5 Å². The molecule has 0 bridgehead atoms. The quantitative estimate of drug-likeness (QED) is 0.676. The fraction of sp³-hybridized carbons (Fsp3) is 0.333. The van der Waals surface area contributed by atoms with Gasteiger partial charge in [0.05, 0.1) is 23.8 Å². The van der Waals surface area contributed by atoms with Crippen LogP contribution >= 0.6 is 11.6 Å². The summed E-state index contributed by atoms with van der Waals surface area (Å²) in [4.78, 5) is 21.4. The van der Waals surface area contributed by atoms with Crippen LogP contribution in [0, 0.1) is 5.92 Å². The predicted octanol–water partition coefficient (Wildman–Crippen LogP) is 3.82. The number of ether oxygens (including phenoxy) is 2. The maximum Gasteiger partial charge on any atom is 0.337 e. The number of carboxylic acid groups (broad SMARTS) is 1. The summed E-state index contributed by atoms with van der Waals surface area (Å²) >= 11 is 6.51. The first kappa shape index (κ1) is 18.3. The molecule has 2 saturated heterocycles. The van der Waals surface area contributed by atoms with Crippen LogP contribution in [-0.2, 0) is 4.74 Å². The number of methoxy groups -OCH3 is 1. The lowest BCUT2D eigenvalue weighted by Gasteiger charge is -2.20. The molecule has 2 aromatic heterocycles. The number of rotatable bonds is 4. The average molecular weight is 414 g/mol. The molecule has 2 N–H and O–H groups in total. The Morgan fingerprint density at radius 1 is 1.34 bits per heavy atom. The van der Waals surface area contributed by atoms with Gasteiger partial charge in [0.25, 0.3) is 0 Å². The lowest BCUT2D eigenvalue weighted by molar-refractivity contribution is 0.0699. The Labute approximate surface area is 172 Å². The highest BCUT2D eigenvalue weighted by Gasteiger charge is 2.38. The fourth-order valence-electron chi connectivity index (χ4n) is 4.36. The minimum absolute atomic E-state index is 0.199. The van der Waals surface area contributed by atoms with E-state index < -0.39 is 5.97 Å². The van der Waals surface area contributed by atoms with Crippen LogP contribution in [0.4, 0.5) is 5.82 Å². The molecule has 0 spiro atoms. The number of carboxylic acids is 1. The molecule has 150 valence electrons. The molecule has 2 fully saturated rings. The van der Waals surface area contributed by atoms with Crippen LogP contribution in [0.25, 0.3) is 22.0 Å². The monoisotopic (exact) mass is 413 g/mol. The molecular weight excluding hydrogens is 394 g/mol. The normalized spacial score (nSPS) is 21.0. The number of pyridine rings is 1. The van der Waals surface area contributed by atoms with Gasteiger partial charge in [-0.1, -0.05) is 11.6 Å². The number of nitrogens with zero attached hydrogens (tertiary/aromatic N) is 2. The van der Waals surface area contributed by atoms with Crippen LogP contribution in [0.3, 0.4) is 0 Å². The van der Waals surface area contributed by atoms with Crippen molar-refractivity contribution in [3.63, 3.8) is 0 Å². The molecule has 0 unspecified atom stereocenters. The maximum atomic E-state index is 11.5. The van der Waals surface area contributed by atoms with Crippen LogP contribution in [0.1, 0.15) is 16.8 Å². The second kappa shape index (κ2) is 6.93. The van der Waals surface area contributed by atoms with E-state index in [9.17, 15) is 9.90 Å². The smallest absolute Gasteiger partial charge is 0.337 e. The van der Waals surface area contributed by atoms with Gasteiger partial charge in [-0.15, -0.1) is 0 Å². The molecule has 0 amide bonds. The number of hydrogen-bond donors (Lipinski definition) is 2. The van der Waals surface area contributed by atoms with E-state index in [1.165, 1.54) is 6.20 Å². The number of hydrogen-bond acceptors (Lipinski definition) is 5. The van der Waals surface area contributed by atoms with Gasteiger partial charge in [-0.2, -0.15) is 4.98 Å². The van der Waals surface area contributed by atoms with E-state index in [-0.39, 0.29) is 11.7 Å². The summed E-state index contributed by atoms with van der Waals surface area (Å²) in [7, 11) is 1.57. The highest BCUT2D eigenvalue weighted by molar-refractivity contribution is 6.34. The lowest BCUT2D eigenvalue weighted by Crippen LogP contribution is -2.23. The Kier molecular flexibility index (Phi) is 4.37. The Morgan fingerprint density at radius 3 is 2.97 bits per heavy atom. The summed E-state index contributed by atoms with van der Waals surface area (Å²) in [5.74, 6) is 0.858. The third-order valence-electron chi connectivity index (χ3n) is 5.85. The van der Waals surface area contributed by atoms with Gasteiger partial charge >= 0.3 is 5.97 Å². The highest BCUT2D eigenvalue weighted by Crippen LogP contribution is 2.39. The standard InChI is InChI=1S/C21H20ClN3O4/c1-28-20-12(2-3-19(24-20)25-9-11-4-5-29-18(11)10-25)13-6-14-15(21(26)27)8-23-17(14)7-16(13)22/h2-3,6-8,11,18,23H,4-5,9-10H2,1H3,(H,26,27)/t11-,18+/m1/s1. The van der Waals surface area contributed by atoms with Crippen molar-refractivity contribution in [2.24, 2.45) is 5.92 Å². The molecule has 3 aromatic rings. The summed E-state index contributed by atoms with van der Waals surface area (Å²) in [6, 6.07) is 7.38. The minimum atomic E-state index is -0.994. The molecule has 0 saturated carbocycles. The van der Waals surface area contributed by atoms with Crippen molar-refractivity contribution in [1.29, 1.82) is 0 Å². The predicted molar refractivity (Wildman–Crippen MR) is 110 cm³/mol. The highest BCUT2D eigenvalue weighted by atomic mass is 35.5. The first-order valence-electron chi connectivity index (χ1n) is 9.51. The third-order valence-corrected chi connectivity index (χ3v) is 6.17. The van der Waals surface area contributed by atoms with E-state index in [4.69, 9.17) is 26.1 Å². The maximum absolute atomic E-state index is 11.5. The minimum Gasteiger partial charge on any atom is -0.480 e. The van der Waals surface area contributed by atoms with E-state index in [0.29, 0.717) is 33.3 Å². The number of fused-ring (bicyclic) bond motifs is 2. The van der Waals surface area contributed by atoms with Crippen molar-refractivity contribution < 1.29 is 19.4 Å². The Bertz CT molecular complexity index is 1100. The number of anilines is 1. The molecule has 2 atom stereocenters. The lowest BCUT2D eigenvalue weighted by atomic mass is 10.0. The molecule has 4 heterocycles. The van der Waals surface area contributed by atoms with Gasteiger partial charge in [-0.3, -0.25) is 0 Å². The second-order valence-electron chi connectivity index (χ2n) is 7.47. The van der Waals surface area contributed by atoms with E-state index in [1.807, 2.05) is 12.1 Å². The Hall–Kier alpha value is -2.77. The molecule has 0 radical (unpaired) electrons. The van der Waals surface area contributed by atoms with Gasteiger partial charge in [0.15, 0.2) is 0 Å². The van der Waals surface area contributed by atoms with Crippen LogP contribution < -0.4 is 9.64 Å². The molecule has 7 nitrogen and oxygen atoms in total. The number of aromatic amines is 1. The summed E-state index contributed by atoms with van der Waals surface area (Å²) in [6.45, 7) is 2.60. The number of carbonyl (C=O) groups is 1. The van der Waals surface area contributed by atoms with Gasteiger partial charge in [0.2, 0.25) is 5.88 Å². The number of nitrogens with one attached hydrogen (secondary N) is 1. The van der Waals surface area contributed by atoms with Crippen LogP contribution in [0.5, 0.6) is 5.88 Å². The van der Waals surface area contributed by atoms with E-state index in [1.54, 1.807) is 19.2 Å². The topological polar surface area (TPSA) is 87.7 Å². The van der Waals surface area contributed by atoms with Gasteiger partial charge in [-0.25, -0.2) is 4.79 Å². The molecule has 8 heteroatoms. The third kappa shape index (κ3) is 3.01. The Morgan fingerprint density at radius 2 is 2.21 bits per heavy atom. The van der Waals surface area contributed by atoms with Crippen molar-refractivity contribution >= 4 is 34.3 Å². The zero-order valence-electron chi connectivity index (χ0n) is 15.8. The number of aromatic nitrogens is 2. The molecule has 1 aromatic carbocycles. The van der Waals surface area contributed by atoms with Gasteiger partial charge in [0.1, 0.15) is 5.82 Å². The van der Waals surface area contributed by atoms with Crippen molar-refractivity contribution in [2.75, 3.05) is 31.7 Å². The summed E-state index contributed by atoms with van der Waals surface area (Å²) in [5, 5.41) is 10.5. The molecule has 0 aliphatic carbocycles. The van der Waals surface area contributed by atoms with Gasteiger partial charge in [-0.05, 0) is 30.7 Å². The fourth-order valence-corrected chi connectivity index (χ4v) is 4.62. The van der Waals surface area contributed by atoms with E-state index in [0.717, 1.165) is 37.5 Å². The summed E-state index contributed by atoms with van der Waals surface area (Å²) in [5.41, 5.74) is 2.27. The van der Waals surface area contributed by atoms with Gasteiger partial charge in [0, 0.05) is 53.8 Å². The van der Waals surface area contributed by atoms with Crippen molar-refractivity contribution in [2.45, 2.75) is 12.5 Å². The SMILES string of the molecule is COc1nc(N2C[C@H]3CCO[C@H]3C2)ccc1-c1cc2c(C(=O)O)c[nH]c2cc1Cl. The number of H-pyrrole nitrogens is 1. The van der Waals surface area contributed by atoms with Crippen molar-refractivity contribution in [3.05, 3.63) is 41.0 Å². The molecule has 2 aliphatic rings. The van der Waals surface area contributed by atoms with E-state index >= 15 is 0 Å². The first-order valence-corrected chi connectivity index (χ1v) is 9.89. The largest absolute Gasteiger partial charge is 0.480 e. The molecule has 5 rings (SSSR count). The summed E-state index contributed by atoms with van der Waals surface area (Å²) in [6.07, 6.45) is 2.84. The second-order valence-corrected chi connectivity index (χ2v) is 7.88. The van der Waals surface area contributed by atoms with Crippen molar-refractivity contribution in [1.82, 2.24) is 9.97 Å². The van der Waals surface area contributed by atoms with Crippen LogP contribution in [-0.4, -0.2) is 54.0 Å². The average Bonchev–Trinajstić information content (AvgIpc) is 3.41. The first-order chi connectivity index (χ1) is 14.0.